The van der Waals surface area contributed by atoms with Crippen LogP contribution in [0, 0.1) is 11.3 Å². The van der Waals surface area contributed by atoms with Gasteiger partial charge in [-0.05, 0) is 74.0 Å². The molecule has 2 N–H and O–H groups in total. The van der Waals surface area contributed by atoms with Crippen LogP contribution in [0.3, 0.4) is 0 Å². The molecule has 172 valence electrons. The highest BCUT2D eigenvalue weighted by Gasteiger charge is 2.66. The van der Waals surface area contributed by atoms with Crippen molar-refractivity contribution in [2.45, 2.75) is 82.0 Å². The molecule has 2 spiro atoms. The molecule has 2 atom stereocenters. The van der Waals surface area contributed by atoms with Crippen molar-refractivity contribution in [3.8, 4) is 0 Å². The van der Waals surface area contributed by atoms with Crippen molar-refractivity contribution in [3.05, 3.63) is 34.9 Å². The van der Waals surface area contributed by atoms with Crippen molar-refractivity contribution in [2.24, 2.45) is 22.1 Å². The number of rotatable bonds is 6. The number of aryl methyl sites for hydroxylation is 1. The number of nitrogens with zero attached hydrogens (tertiary/aromatic N) is 2. The number of guanidine groups is 1. The lowest BCUT2D eigenvalue weighted by Crippen LogP contribution is -2.54. The lowest BCUT2D eigenvalue weighted by atomic mass is 9.61. The van der Waals surface area contributed by atoms with Gasteiger partial charge in [0, 0.05) is 12.0 Å². The zero-order valence-corrected chi connectivity index (χ0v) is 20.7. The predicted octanol–water partition coefficient (Wildman–Crippen LogP) is 4.02. The fraction of sp³-hybridized carbons (Fsp3) is 0.680. The Morgan fingerprint density at radius 2 is 2.00 bits per heavy atom. The number of aliphatic imine (C=N–C) groups is 1. The van der Waals surface area contributed by atoms with E-state index in [1.165, 1.54) is 30.4 Å². The molecule has 3 aliphatic carbocycles. The highest BCUT2D eigenvalue weighted by Crippen LogP contribution is 2.62. The summed E-state index contributed by atoms with van der Waals surface area (Å²) >= 11 is 2.02. The van der Waals surface area contributed by atoms with Crippen LogP contribution in [-0.2, 0) is 31.0 Å². The van der Waals surface area contributed by atoms with Crippen LogP contribution in [0.15, 0.2) is 23.2 Å². The van der Waals surface area contributed by atoms with Crippen molar-refractivity contribution in [1.82, 2.24) is 4.90 Å². The Morgan fingerprint density at radius 1 is 1.22 bits per heavy atom. The zero-order valence-electron chi connectivity index (χ0n) is 18.5. The summed E-state index contributed by atoms with van der Waals surface area (Å²) in [5.41, 5.74) is 9.09. The topological polar surface area (TPSA) is 77.2 Å². The molecule has 2 aliphatic heterocycles. The molecule has 1 aromatic carbocycles. The minimum absolute atomic E-state index is 0.0671. The maximum Gasteiger partial charge on any atom is 0.262 e. The van der Waals surface area contributed by atoms with Gasteiger partial charge in [-0.3, -0.25) is 9.69 Å². The van der Waals surface area contributed by atoms with Crippen LogP contribution in [-0.4, -0.2) is 42.1 Å². The number of amides is 1. The molecule has 0 bridgehead atoms. The Labute approximate surface area is 204 Å². The Hall–Kier alpha value is -1.19. The van der Waals surface area contributed by atoms with Crippen LogP contribution in [0.5, 0.6) is 0 Å². The summed E-state index contributed by atoms with van der Waals surface area (Å²) in [7, 11) is 0. The van der Waals surface area contributed by atoms with Gasteiger partial charge in [0.25, 0.3) is 5.91 Å². The molecule has 7 heteroatoms. The van der Waals surface area contributed by atoms with Gasteiger partial charge < -0.3 is 13.5 Å². The van der Waals surface area contributed by atoms with Crippen LogP contribution in [0.2, 0.25) is 0 Å². The first-order valence-corrected chi connectivity index (χ1v) is 13.1. The van der Waals surface area contributed by atoms with Crippen molar-refractivity contribution < 1.29 is 12.6 Å². The Balaban J connectivity index is 1.39. The number of carbonyl (C=O) groups excluding carboxylic acids is 1. The van der Waals surface area contributed by atoms with Crippen LogP contribution in [0.1, 0.15) is 68.1 Å². The van der Waals surface area contributed by atoms with Gasteiger partial charge in [-0.15, -0.1) is 0 Å². The molecule has 6 rings (SSSR count). The van der Waals surface area contributed by atoms with Gasteiger partial charge in [0.05, 0.1) is 18.8 Å². The summed E-state index contributed by atoms with van der Waals surface area (Å²) in [5.74, 6) is 1.33. The third kappa shape index (κ3) is 3.25. The number of halogens is 1. The molecule has 2 saturated carbocycles. The van der Waals surface area contributed by atoms with Crippen LogP contribution in [0.4, 0.5) is 0 Å². The lowest BCUT2D eigenvalue weighted by Gasteiger charge is -2.45. The molecule has 6 nitrogen and oxygen atoms in total. The summed E-state index contributed by atoms with van der Waals surface area (Å²) < 4.78 is 11.3. The molecule has 0 aromatic heterocycles. The molecule has 0 radical (unpaired) electrons. The summed E-state index contributed by atoms with van der Waals surface area (Å²) in [6.07, 6.45) is 11.1. The number of fused-ring (bicyclic) bond motifs is 3. The molecule has 32 heavy (non-hydrogen) atoms. The number of nitrogens with two attached hydrogens (primary N) is 1. The number of hydrogen-bond acceptors (Lipinski definition) is 5. The molecule has 3 fully saturated rings. The maximum absolute atomic E-state index is 14.2. The van der Waals surface area contributed by atoms with Gasteiger partial charge in [-0.1, -0.05) is 31.0 Å². The molecule has 1 aromatic rings. The number of hydrogen-bond donors (Lipinski definition) is 1. The first-order valence-electron chi connectivity index (χ1n) is 12.2. The van der Waals surface area contributed by atoms with Crippen LogP contribution in [0.25, 0.3) is 0 Å². The van der Waals surface area contributed by atoms with E-state index in [4.69, 9.17) is 18.5 Å². The average Bonchev–Trinajstić information content (AvgIpc) is 3.52. The Bertz CT molecular complexity index is 950. The number of carbonyl (C=O) groups is 1. The molecule has 1 saturated heterocycles. The predicted molar refractivity (Wildman–Crippen MR) is 130 cm³/mol. The van der Waals surface area contributed by atoms with E-state index >= 15 is 0 Å². The summed E-state index contributed by atoms with van der Waals surface area (Å²) in [6, 6.07) is 6.84. The molecule has 1 amide bonds. The highest BCUT2D eigenvalue weighted by atomic mass is 127. The Kier molecular flexibility index (Phi) is 5.30. The van der Waals surface area contributed by atoms with E-state index in [1.807, 2.05) is 23.0 Å². The van der Waals surface area contributed by atoms with Gasteiger partial charge in [0.1, 0.15) is 23.0 Å². The van der Waals surface area contributed by atoms with Gasteiger partial charge in [-0.2, -0.15) is 0 Å². The van der Waals surface area contributed by atoms with Gasteiger partial charge in [0.2, 0.25) is 0 Å². The molecular formula is C25H32IN3O3. The lowest BCUT2D eigenvalue weighted by molar-refractivity contribution is -0.141. The monoisotopic (exact) mass is 549 g/mol. The summed E-state index contributed by atoms with van der Waals surface area (Å²) in [6.45, 7) is 1.28. The molecule has 2 heterocycles. The second-order valence-electron chi connectivity index (χ2n) is 10.6. The first-order chi connectivity index (χ1) is 15.5. The smallest absolute Gasteiger partial charge is 0.262 e. The normalized spacial score (nSPS) is 36.0. The van der Waals surface area contributed by atoms with Gasteiger partial charge >= 0.3 is 0 Å². The maximum atomic E-state index is 14.2. The number of ether oxygens (including phenoxy) is 1. The SMILES string of the molecule is NC1=NC2(C(=O)N1CC1CCO1)c1cc(CCC3CC3)ccc1CC21CCC(OI)CC1. The van der Waals surface area contributed by atoms with E-state index in [0.717, 1.165) is 63.0 Å². The quantitative estimate of drug-likeness (QED) is 0.544. The third-order valence-electron chi connectivity index (χ3n) is 8.71. The van der Waals surface area contributed by atoms with E-state index in [9.17, 15) is 4.79 Å². The fourth-order valence-electron chi connectivity index (χ4n) is 6.51. The first kappa shape index (κ1) is 21.4. The average molecular weight is 549 g/mol. The number of benzene rings is 1. The second kappa shape index (κ2) is 7.94. The fourth-order valence-corrected chi connectivity index (χ4v) is 7.01. The van der Waals surface area contributed by atoms with E-state index in [-0.39, 0.29) is 23.5 Å². The Morgan fingerprint density at radius 3 is 2.66 bits per heavy atom. The van der Waals surface area contributed by atoms with Crippen LogP contribution >= 0.6 is 23.0 Å². The van der Waals surface area contributed by atoms with E-state index < -0.39 is 5.54 Å². The van der Waals surface area contributed by atoms with E-state index in [1.54, 1.807) is 4.90 Å². The van der Waals surface area contributed by atoms with Crippen molar-refractivity contribution >= 4 is 34.9 Å². The van der Waals surface area contributed by atoms with Crippen molar-refractivity contribution in [3.63, 3.8) is 0 Å². The largest absolute Gasteiger partial charge is 0.376 e. The van der Waals surface area contributed by atoms with Crippen molar-refractivity contribution in [2.75, 3.05) is 13.2 Å². The summed E-state index contributed by atoms with van der Waals surface area (Å²) in [5, 5.41) is 0. The van der Waals surface area contributed by atoms with Gasteiger partial charge in [-0.25, -0.2) is 4.99 Å². The molecule has 2 unspecified atom stereocenters. The van der Waals surface area contributed by atoms with E-state index in [0.29, 0.717) is 12.5 Å². The third-order valence-corrected chi connectivity index (χ3v) is 9.43. The van der Waals surface area contributed by atoms with Crippen molar-refractivity contribution in [1.29, 1.82) is 0 Å². The standard InChI is InChI=1S/C25H32IN3O3/c26-32-19-7-10-24(11-8-19)14-18-6-5-17(4-3-16-1-2-16)13-21(18)25(24)22(30)29(23(27)28-25)15-20-9-12-31-20/h5-6,13,16,19-20H,1-4,7-12,14-15H2,(H2,27,28). The van der Waals surface area contributed by atoms with Crippen LogP contribution < -0.4 is 5.73 Å². The molecule has 5 aliphatic rings. The highest BCUT2D eigenvalue weighted by molar-refractivity contribution is 14.1. The van der Waals surface area contributed by atoms with Gasteiger partial charge in [0.15, 0.2) is 11.5 Å². The zero-order chi connectivity index (χ0) is 21.9. The minimum Gasteiger partial charge on any atom is -0.376 e. The summed E-state index contributed by atoms with van der Waals surface area (Å²) in [4.78, 5) is 21.0. The minimum atomic E-state index is -0.887. The molecular weight excluding hydrogens is 517 g/mol. The van der Waals surface area contributed by atoms with E-state index in [2.05, 4.69) is 18.2 Å². The second-order valence-corrected chi connectivity index (χ2v) is 11.1.